The van der Waals surface area contributed by atoms with Gasteiger partial charge in [0.05, 0.1) is 0 Å². The molecule has 2 nitrogen and oxygen atoms in total. The van der Waals surface area contributed by atoms with Gasteiger partial charge in [0.2, 0.25) is 0 Å². The third-order valence-corrected chi connectivity index (χ3v) is 7.74. The van der Waals surface area contributed by atoms with Gasteiger partial charge in [-0.2, -0.15) is 0 Å². The lowest BCUT2D eigenvalue weighted by atomic mass is 9.71. The Morgan fingerprint density at radius 3 is 2.86 bits per heavy atom. The Morgan fingerprint density at radius 1 is 1.14 bits per heavy atom. The highest BCUT2D eigenvalue weighted by molar-refractivity contribution is 7.97. The third kappa shape index (κ3) is 2.65. The minimum Gasteiger partial charge on any atom is -0.319 e. The summed E-state index contributed by atoms with van der Waals surface area (Å²) in [6, 6.07) is 0.865. The fraction of sp³-hybridized carbons (Fsp3) is 0.889. The zero-order chi connectivity index (χ0) is 14.4. The van der Waals surface area contributed by atoms with Crippen molar-refractivity contribution >= 4 is 11.9 Å². The van der Waals surface area contributed by atoms with Crippen molar-refractivity contribution in [3.63, 3.8) is 0 Å². The predicted octanol–water partition coefficient (Wildman–Crippen LogP) is 4.14. The second kappa shape index (κ2) is 5.81. The topological polar surface area (TPSA) is 6.48 Å². The van der Waals surface area contributed by atoms with Gasteiger partial charge in [0, 0.05) is 23.4 Å². The van der Waals surface area contributed by atoms with E-state index in [2.05, 4.69) is 41.4 Å². The van der Waals surface area contributed by atoms with Crippen LogP contribution in [-0.2, 0) is 0 Å². The van der Waals surface area contributed by atoms with Crippen LogP contribution < -0.4 is 0 Å². The first-order valence-electron chi connectivity index (χ1n) is 9.04. The van der Waals surface area contributed by atoms with Crippen LogP contribution in [0.3, 0.4) is 0 Å². The fourth-order valence-corrected chi connectivity index (χ4v) is 6.89. The first kappa shape index (κ1) is 14.4. The van der Waals surface area contributed by atoms with Gasteiger partial charge in [0.25, 0.3) is 0 Å². The maximum Gasteiger partial charge on any atom is 0.0466 e. The lowest BCUT2D eigenvalue weighted by Crippen LogP contribution is -2.33. The van der Waals surface area contributed by atoms with E-state index >= 15 is 0 Å². The van der Waals surface area contributed by atoms with Crippen molar-refractivity contribution in [1.29, 1.82) is 0 Å². The van der Waals surface area contributed by atoms with Gasteiger partial charge in [0.15, 0.2) is 0 Å². The molecule has 2 aliphatic carbocycles. The molecule has 2 bridgehead atoms. The molecular formula is C18H30N2S. The second-order valence-electron chi connectivity index (χ2n) is 7.97. The summed E-state index contributed by atoms with van der Waals surface area (Å²) in [5.74, 6) is 2.83. The van der Waals surface area contributed by atoms with Crippen molar-refractivity contribution in [3.8, 4) is 0 Å². The van der Waals surface area contributed by atoms with Crippen LogP contribution in [0.15, 0.2) is 11.8 Å². The predicted molar refractivity (Wildman–Crippen MR) is 91.0 cm³/mol. The van der Waals surface area contributed by atoms with Crippen molar-refractivity contribution in [3.05, 3.63) is 11.8 Å². The zero-order valence-electron chi connectivity index (χ0n) is 13.6. The van der Waals surface area contributed by atoms with Gasteiger partial charge in [-0.05, 0) is 88.5 Å². The van der Waals surface area contributed by atoms with Crippen LogP contribution in [0, 0.1) is 17.8 Å². The molecule has 2 aliphatic heterocycles. The van der Waals surface area contributed by atoms with Crippen LogP contribution in [-0.4, -0.2) is 41.1 Å². The molecule has 0 amide bonds. The average Bonchev–Trinajstić information content (AvgIpc) is 2.79. The maximum absolute atomic E-state index is 2.69. The molecule has 4 rings (SSSR count). The molecule has 4 aliphatic rings. The van der Waals surface area contributed by atoms with Gasteiger partial charge < -0.3 is 9.21 Å². The molecule has 0 aromatic rings. The zero-order valence-corrected chi connectivity index (χ0v) is 14.4. The Labute approximate surface area is 134 Å². The van der Waals surface area contributed by atoms with Gasteiger partial charge in [-0.3, -0.25) is 0 Å². The van der Waals surface area contributed by atoms with Gasteiger partial charge in [0.1, 0.15) is 0 Å². The van der Waals surface area contributed by atoms with E-state index in [-0.39, 0.29) is 0 Å². The highest BCUT2D eigenvalue weighted by atomic mass is 32.2. The Morgan fingerprint density at radius 2 is 2.00 bits per heavy atom. The first-order chi connectivity index (χ1) is 10.2. The molecule has 5 unspecified atom stereocenters. The maximum atomic E-state index is 2.69. The van der Waals surface area contributed by atoms with Crippen molar-refractivity contribution in [2.24, 2.45) is 17.8 Å². The number of nitrogens with zero attached hydrogens (tertiary/aromatic N) is 2. The van der Waals surface area contributed by atoms with Crippen LogP contribution >= 0.6 is 11.9 Å². The van der Waals surface area contributed by atoms with Gasteiger partial charge in [-0.1, -0.05) is 12.8 Å². The van der Waals surface area contributed by atoms with E-state index in [1.165, 1.54) is 57.9 Å². The summed E-state index contributed by atoms with van der Waals surface area (Å²) in [5.41, 5.74) is 1.87. The summed E-state index contributed by atoms with van der Waals surface area (Å²) in [4.78, 5) is 2.35. The summed E-state index contributed by atoms with van der Waals surface area (Å²) >= 11 is 2.22. The Bertz CT molecular complexity index is 419. The molecular weight excluding hydrogens is 276 g/mol. The summed E-state index contributed by atoms with van der Waals surface area (Å²) in [5, 5.41) is 0.900. The smallest absolute Gasteiger partial charge is 0.0466 e. The molecule has 2 fully saturated rings. The standard InChI is InChI=1S/C18H30N2S/c1-19(2)10-9-13-7-8-15-16-12-20(21-18(15)11-13)17-6-4-3-5-14(16)17/h12-15,17-18H,3-11H2,1-2H3. The lowest BCUT2D eigenvalue weighted by Gasteiger charge is -2.40. The van der Waals surface area contributed by atoms with Crippen LogP contribution in [0.5, 0.6) is 0 Å². The van der Waals surface area contributed by atoms with E-state index in [4.69, 9.17) is 0 Å². The fourth-order valence-electron chi connectivity index (χ4n) is 5.19. The normalized spacial score (nSPS) is 41.8. The van der Waals surface area contributed by atoms with Crippen molar-refractivity contribution in [2.45, 2.75) is 62.7 Å². The number of rotatable bonds is 3. The number of fused-ring (bicyclic) bond motifs is 6. The largest absolute Gasteiger partial charge is 0.319 e. The second-order valence-corrected chi connectivity index (χ2v) is 9.21. The summed E-state index contributed by atoms with van der Waals surface area (Å²) in [7, 11) is 4.42. The lowest BCUT2D eigenvalue weighted by molar-refractivity contribution is 0.251. The molecule has 0 spiro atoms. The van der Waals surface area contributed by atoms with E-state index in [1.807, 2.05) is 5.57 Å². The molecule has 0 aromatic heterocycles. The molecule has 5 atom stereocenters. The first-order valence-corrected chi connectivity index (χ1v) is 9.87. The molecule has 0 radical (unpaired) electrons. The van der Waals surface area contributed by atoms with Gasteiger partial charge >= 0.3 is 0 Å². The Balaban J connectivity index is 1.44. The molecule has 3 heteroatoms. The average molecular weight is 307 g/mol. The SMILES string of the molecule is CN(C)CCC1CCC2C3=CN(SC2C1)C1CCCCC31. The van der Waals surface area contributed by atoms with Crippen molar-refractivity contribution in [2.75, 3.05) is 20.6 Å². The van der Waals surface area contributed by atoms with Gasteiger partial charge in [-0.25, -0.2) is 0 Å². The van der Waals surface area contributed by atoms with E-state index < -0.39 is 0 Å². The van der Waals surface area contributed by atoms with E-state index in [1.54, 1.807) is 0 Å². The van der Waals surface area contributed by atoms with E-state index in [0.717, 1.165) is 29.0 Å². The quantitative estimate of drug-likeness (QED) is 0.724. The Hall–Kier alpha value is -0.150. The summed E-state index contributed by atoms with van der Waals surface area (Å²) in [6.07, 6.45) is 14.2. The molecule has 2 saturated carbocycles. The third-order valence-electron chi connectivity index (χ3n) is 6.33. The van der Waals surface area contributed by atoms with Crippen LogP contribution in [0.25, 0.3) is 0 Å². The molecule has 2 heterocycles. The molecule has 0 saturated heterocycles. The van der Waals surface area contributed by atoms with Gasteiger partial charge in [-0.15, -0.1) is 0 Å². The minimum atomic E-state index is 0.865. The van der Waals surface area contributed by atoms with Crippen molar-refractivity contribution < 1.29 is 0 Å². The van der Waals surface area contributed by atoms with Crippen LogP contribution in [0.2, 0.25) is 0 Å². The highest BCUT2D eigenvalue weighted by Gasteiger charge is 2.48. The summed E-state index contributed by atoms with van der Waals surface area (Å²) in [6.45, 7) is 1.27. The monoisotopic (exact) mass is 306 g/mol. The molecule has 118 valence electrons. The van der Waals surface area contributed by atoms with Crippen LogP contribution in [0.4, 0.5) is 0 Å². The molecule has 21 heavy (non-hydrogen) atoms. The minimum absolute atomic E-state index is 0.865. The highest BCUT2D eigenvalue weighted by Crippen LogP contribution is 2.56. The van der Waals surface area contributed by atoms with E-state index in [0.29, 0.717) is 0 Å². The molecule has 0 N–H and O–H groups in total. The van der Waals surface area contributed by atoms with Crippen molar-refractivity contribution in [1.82, 2.24) is 9.21 Å². The summed E-state index contributed by atoms with van der Waals surface area (Å²) < 4.78 is 2.69. The van der Waals surface area contributed by atoms with Crippen LogP contribution in [0.1, 0.15) is 51.4 Å². The number of hydrogen-bond donors (Lipinski definition) is 0. The number of hydrogen-bond acceptors (Lipinski definition) is 3. The molecule has 0 aromatic carbocycles. The Kier molecular flexibility index (Phi) is 3.99. The van der Waals surface area contributed by atoms with E-state index in [9.17, 15) is 0 Å².